The van der Waals surface area contributed by atoms with Gasteiger partial charge in [-0.25, -0.2) is 0 Å². The predicted octanol–water partition coefficient (Wildman–Crippen LogP) is 2.14. The van der Waals surface area contributed by atoms with Gasteiger partial charge in [0.1, 0.15) is 5.75 Å². The number of aliphatic hydroxyl groups excluding tert-OH is 1. The lowest BCUT2D eigenvalue weighted by atomic mass is 9.89. The van der Waals surface area contributed by atoms with Crippen LogP contribution < -0.4 is 5.32 Å². The third kappa shape index (κ3) is 4.45. The maximum Gasteiger partial charge on any atom is 0.255 e. The molecule has 18 heavy (non-hydrogen) atoms. The van der Waals surface area contributed by atoms with E-state index in [0.29, 0.717) is 13.0 Å². The number of aliphatic hydroxyl groups is 1. The van der Waals surface area contributed by atoms with Gasteiger partial charge in [-0.05, 0) is 52.6 Å². The number of carbonyl (C=O) groups excluding carboxylic acids is 1. The standard InChI is InChI=1S/C13H18INO3/c1-13(2,5-6-16)8-15-12(18)10-7-9(14)3-4-11(10)17/h3-4,7,16-17H,5-6,8H2,1-2H3,(H,15,18). The number of aromatic hydroxyl groups is 1. The van der Waals surface area contributed by atoms with Gasteiger partial charge in [0.2, 0.25) is 0 Å². The molecule has 1 amide bonds. The van der Waals surface area contributed by atoms with Gasteiger partial charge < -0.3 is 15.5 Å². The van der Waals surface area contributed by atoms with Crippen molar-refractivity contribution in [1.29, 1.82) is 0 Å². The van der Waals surface area contributed by atoms with Gasteiger partial charge in [0, 0.05) is 16.7 Å². The van der Waals surface area contributed by atoms with E-state index in [1.54, 1.807) is 12.1 Å². The number of carbonyl (C=O) groups is 1. The number of hydrogen-bond donors (Lipinski definition) is 3. The van der Waals surface area contributed by atoms with Crippen LogP contribution in [0.15, 0.2) is 18.2 Å². The molecule has 1 rings (SSSR count). The number of hydrogen-bond acceptors (Lipinski definition) is 3. The van der Waals surface area contributed by atoms with Crippen molar-refractivity contribution in [1.82, 2.24) is 5.32 Å². The molecule has 0 bridgehead atoms. The number of benzene rings is 1. The Morgan fingerprint density at radius 1 is 1.44 bits per heavy atom. The minimum Gasteiger partial charge on any atom is -0.507 e. The summed E-state index contributed by atoms with van der Waals surface area (Å²) in [6.45, 7) is 4.49. The first-order valence-electron chi connectivity index (χ1n) is 5.73. The fourth-order valence-corrected chi connectivity index (χ4v) is 1.99. The van der Waals surface area contributed by atoms with E-state index in [1.807, 2.05) is 13.8 Å². The summed E-state index contributed by atoms with van der Waals surface area (Å²) in [4.78, 5) is 11.9. The molecule has 4 nitrogen and oxygen atoms in total. The van der Waals surface area contributed by atoms with Crippen molar-refractivity contribution in [3.8, 4) is 5.75 Å². The maximum absolute atomic E-state index is 11.9. The zero-order valence-corrected chi connectivity index (χ0v) is 12.7. The highest BCUT2D eigenvalue weighted by Gasteiger charge is 2.19. The zero-order valence-electron chi connectivity index (χ0n) is 10.5. The molecule has 1 aromatic carbocycles. The summed E-state index contributed by atoms with van der Waals surface area (Å²) in [6.07, 6.45) is 0.617. The van der Waals surface area contributed by atoms with E-state index in [9.17, 15) is 9.90 Å². The van der Waals surface area contributed by atoms with Crippen molar-refractivity contribution in [3.63, 3.8) is 0 Å². The van der Waals surface area contributed by atoms with Gasteiger partial charge in [-0.3, -0.25) is 4.79 Å². The number of amides is 1. The van der Waals surface area contributed by atoms with E-state index in [1.165, 1.54) is 6.07 Å². The lowest BCUT2D eigenvalue weighted by Gasteiger charge is -2.23. The minimum absolute atomic E-state index is 0.0205. The van der Waals surface area contributed by atoms with Crippen molar-refractivity contribution in [2.24, 2.45) is 5.41 Å². The first-order chi connectivity index (χ1) is 8.35. The Labute approximate surface area is 121 Å². The van der Waals surface area contributed by atoms with Gasteiger partial charge in [0.15, 0.2) is 0 Å². The van der Waals surface area contributed by atoms with Crippen LogP contribution >= 0.6 is 22.6 Å². The predicted molar refractivity (Wildman–Crippen MR) is 78.6 cm³/mol. The van der Waals surface area contributed by atoms with E-state index >= 15 is 0 Å². The Hall–Kier alpha value is -0.820. The van der Waals surface area contributed by atoms with Crippen LogP contribution in [0.25, 0.3) is 0 Å². The van der Waals surface area contributed by atoms with E-state index in [0.717, 1.165) is 3.57 Å². The largest absolute Gasteiger partial charge is 0.507 e. The first kappa shape index (κ1) is 15.2. The van der Waals surface area contributed by atoms with E-state index in [2.05, 4.69) is 27.9 Å². The summed E-state index contributed by atoms with van der Waals surface area (Å²) in [7, 11) is 0. The second kappa shape index (κ2) is 6.38. The average molecular weight is 363 g/mol. The van der Waals surface area contributed by atoms with Gasteiger partial charge in [-0.15, -0.1) is 0 Å². The van der Waals surface area contributed by atoms with Gasteiger partial charge in [0.25, 0.3) is 5.91 Å². The highest BCUT2D eigenvalue weighted by molar-refractivity contribution is 14.1. The Morgan fingerprint density at radius 2 is 2.11 bits per heavy atom. The Morgan fingerprint density at radius 3 is 2.72 bits per heavy atom. The van der Waals surface area contributed by atoms with Crippen LogP contribution in [0.2, 0.25) is 0 Å². The maximum atomic E-state index is 11.9. The molecule has 0 aliphatic carbocycles. The fourth-order valence-electron chi connectivity index (χ4n) is 1.50. The molecule has 0 saturated carbocycles. The van der Waals surface area contributed by atoms with Crippen molar-refractivity contribution in [2.45, 2.75) is 20.3 Å². The minimum atomic E-state index is -0.294. The van der Waals surface area contributed by atoms with Crippen LogP contribution in [0.1, 0.15) is 30.6 Å². The molecular weight excluding hydrogens is 345 g/mol. The normalized spacial score (nSPS) is 11.3. The lowest BCUT2D eigenvalue weighted by molar-refractivity contribution is 0.0925. The van der Waals surface area contributed by atoms with E-state index in [4.69, 9.17) is 5.11 Å². The van der Waals surface area contributed by atoms with Crippen molar-refractivity contribution in [2.75, 3.05) is 13.2 Å². The van der Waals surface area contributed by atoms with E-state index in [-0.39, 0.29) is 29.2 Å². The molecular formula is C13H18INO3. The highest BCUT2D eigenvalue weighted by Crippen LogP contribution is 2.21. The smallest absolute Gasteiger partial charge is 0.255 e. The van der Waals surface area contributed by atoms with Crippen LogP contribution in [-0.2, 0) is 0 Å². The third-order valence-corrected chi connectivity index (χ3v) is 3.39. The summed E-state index contributed by atoms with van der Waals surface area (Å²) in [6, 6.07) is 4.89. The molecule has 0 atom stereocenters. The first-order valence-corrected chi connectivity index (χ1v) is 6.81. The molecule has 5 heteroatoms. The van der Waals surface area contributed by atoms with Gasteiger partial charge in [-0.2, -0.15) is 0 Å². The second-order valence-corrected chi connectivity index (χ2v) is 6.23. The number of phenolic OH excluding ortho intramolecular Hbond substituents is 1. The molecule has 0 saturated heterocycles. The molecule has 0 aliphatic rings. The molecule has 0 unspecified atom stereocenters. The molecule has 0 aliphatic heterocycles. The second-order valence-electron chi connectivity index (χ2n) is 4.98. The topological polar surface area (TPSA) is 69.6 Å². The van der Waals surface area contributed by atoms with Crippen molar-refractivity contribution in [3.05, 3.63) is 27.3 Å². The fraction of sp³-hybridized carbons (Fsp3) is 0.462. The summed E-state index contributed by atoms with van der Waals surface area (Å²) >= 11 is 2.09. The zero-order chi connectivity index (χ0) is 13.8. The molecule has 0 spiro atoms. The van der Waals surface area contributed by atoms with Crippen molar-refractivity contribution >= 4 is 28.5 Å². The SMILES string of the molecule is CC(C)(CCO)CNC(=O)c1cc(I)ccc1O. The van der Waals surface area contributed by atoms with E-state index < -0.39 is 0 Å². The molecule has 0 radical (unpaired) electrons. The number of halogens is 1. The summed E-state index contributed by atoms with van der Waals surface area (Å²) in [5.74, 6) is -0.315. The average Bonchev–Trinajstić information content (AvgIpc) is 2.29. The Balaban J connectivity index is 2.69. The number of rotatable bonds is 5. The molecule has 0 fully saturated rings. The highest BCUT2D eigenvalue weighted by atomic mass is 127. The van der Waals surface area contributed by atoms with Crippen LogP contribution in [0.3, 0.4) is 0 Å². The summed E-state index contributed by atoms with van der Waals surface area (Å²) < 4.78 is 0.894. The summed E-state index contributed by atoms with van der Waals surface area (Å²) in [5, 5.41) is 21.3. The summed E-state index contributed by atoms with van der Waals surface area (Å²) in [5.41, 5.74) is 0.115. The Bertz CT molecular complexity index is 432. The molecule has 1 aromatic rings. The quantitative estimate of drug-likeness (QED) is 0.702. The van der Waals surface area contributed by atoms with Gasteiger partial charge >= 0.3 is 0 Å². The van der Waals surface area contributed by atoms with Gasteiger partial charge in [0.05, 0.1) is 5.56 Å². The number of nitrogens with one attached hydrogen (secondary N) is 1. The van der Waals surface area contributed by atoms with Crippen LogP contribution in [0.5, 0.6) is 5.75 Å². The van der Waals surface area contributed by atoms with Crippen molar-refractivity contribution < 1.29 is 15.0 Å². The Kier molecular flexibility index (Phi) is 5.40. The molecule has 3 N–H and O–H groups in total. The third-order valence-electron chi connectivity index (χ3n) is 2.72. The van der Waals surface area contributed by atoms with Crippen LogP contribution in [0.4, 0.5) is 0 Å². The molecule has 100 valence electrons. The monoisotopic (exact) mass is 363 g/mol. The molecule has 0 aromatic heterocycles. The lowest BCUT2D eigenvalue weighted by Crippen LogP contribution is -2.34. The van der Waals surface area contributed by atoms with Gasteiger partial charge in [-0.1, -0.05) is 13.8 Å². The van der Waals surface area contributed by atoms with Crippen LogP contribution in [-0.4, -0.2) is 29.3 Å². The number of phenols is 1. The van der Waals surface area contributed by atoms with Crippen LogP contribution in [0, 0.1) is 8.99 Å². The molecule has 0 heterocycles.